The van der Waals surface area contributed by atoms with E-state index in [1.807, 2.05) is 24.3 Å². The van der Waals surface area contributed by atoms with Gasteiger partial charge in [0.2, 0.25) is 0 Å². The fourth-order valence-electron chi connectivity index (χ4n) is 8.96. The summed E-state index contributed by atoms with van der Waals surface area (Å²) in [7, 11) is 0. The summed E-state index contributed by atoms with van der Waals surface area (Å²) in [5.41, 5.74) is 21.8. The molecule has 0 spiro atoms. The van der Waals surface area contributed by atoms with Crippen molar-refractivity contribution < 1.29 is 9.47 Å². The molecule has 0 heterocycles. The Morgan fingerprint density at radius 2 is 0.917 bits per heavy atom. The van der Waals surface area contributed by atoms with E-state index in [1.165, 1.54) is 119 Å². The van der Waals surface area contributed by atoms with E-state index in [4.69, 9.17) is 20.9 Å². The van der Waals surface area contributed by atoms with Gasteiger partial charge < -0.3 is 20.9 Å². The Balaban J connectivity index is 1.32. The second kappa shape index (κ2) is 14.3. The van der Waals surface area contributed by atoms with E-state index in [2.05, 4.69) is 62.4 Å². The third-order valence-electron chi connectivity index (χ3n) is 12.0. The lowest BCUT2D eigenvalue weighted by atomic mass is 9.64. The fraction of sp³-hybridized carbons (Fsp3) is 0.455. The van der Waals surface area contributed by atoms with Gasteiger partial charge in [0.15, 0.2) is 0 Å². The van der Waals surface area contributed by atoms with Crippen LogP contribution in [0.3, 0.4) is 0 Å². The van der Waals surface area contributed by atoms with Crippen molar-refractivity contribution in [1.29, 1.82) is 0 Å². The summed E-state index contributed by atoms with van der Waals surface area (Å²) in [6.07, 6.45) is 18.9. The molecular weight excluding hydrogens is 588 g/mol. The summed E-state index contributed by atoms with van der Waals surface area (Å²) in [5.74, 6) is 4.74. The molecule has 4 aromatic carbocycles. The Morgan fingerprint density at radius 3 is 1.35 bits per heavy atom. The highest BCUT2D eigenvalue weighted by Gasteiger charge is 2.38. The van der Waals surface area contributed by atoms with Crippen LogP contribution in [-0.4, -0.2) is 0 Å². The normalized spacial score (nSPS) is 18.8. The van der Waals surface area contributed by atoms with Gasteiger partial charge in [-0.1, -0.05) is 94.2 Å². The van der Waals surface area contributed by atoms with E-state index in [0.717, 1.165) is 45.5 Å². The fourth-order valence-corrected chi connectivity index (χ4v) is 8.96. The molecule has 4 heteroatoms. The van der Waals surface area contributed by atoms with Gasteiger partial charge >= 0.3 is 0 Å². The van der Waals surface area contributed by atoms with Crippen LogP contribution in [0.15, 0.2) is 72.8 Å². The van der Waals surface area contributed by atoms with E-state index in [9.17, 15) is 0 Å². The van der Waals surface area contributed by atoms with Crippen LogP contribution in [0.1, 0.15) is 142 Å². The number of hydrogen-bond acceptors (Lipinski definition) is 4. The maximum atomic E-state index is 6.74. The lowest BCUT2D eigenvalue weighted by molar-refractivity contribution is 0.343. The monoisotopic (exact) mass is 642 g/mol. The van der Waals surface area contributed by atoms with Crippen LogP contribution in [0.5, 0.6) is 23.0 Å². The third kappa shape index (κ3) is 6.56. The highest BCUT2D eigenvalue weighted by molar-refractivity contribution is 5.57. The van der Waals surface area contributed by atoms with Crippen LogP contribution in [-0.2, 0) is 5.41 Å². The molecule has 3 aliphatic rings. The molecule has 0 aliphatic heterocycles. The summed E-state index contributed by atoms with van der Waals surface area (Å²) < 4.78 is 13.5. The Labute approximate surface area is 288 Å². The standard InChI is InChI=1S/C44H54N2O2/c1-30-38(45)18-12-20-40(30)47-42-24-22-34(28-36(42)32-14-6-3-7-15-32)44(26-10-5-11-27-44)35-23-25-43(37(29-35)33-16-8-4-9-17-33)48-41-21-13-19-39(46)31(41)2/h12-13,18-25,28-29,32-33H,3-11,14-17,26-27,45-46H2,1-2H3. The molecule has 0 bridgehead atoms. The SMILES string of the molecule is Cc1c(N)cccc1Oc1ccc(C2(c3ccc(Oc4cccc(N)c4C)c(C4CCCCC4)c3)CCCCC2)cc1C1CCCCC1. The van der Waals surface area contributed by atoms with Gasteiger partial charge in [-0.25, -0.2) is 0 Å². The molecule has 4 nitrogen and oxygen atoms in total. The molecule has 0 amide bonds. The van der Waals surface area contributed by atoms with Crippen LogP contribution in [0, 0.1) is 13.8 Å². The third-order valence-corrected chi connectivity index (χ3v) is 12.0. The summed E-state index contributed by atoms with van der Waals surface area (Å²) in [5, 5.41) is 0. The molecular formula is C44H54N2O2. The minimum absolute atomic E-state index is 0.0255. The van der Waals surface area contributed by atoms with Crippen molar-refractivity contribution in [3.05, 3.63) is 106 Å². The second-order valence-electron chi connectivity index (χ2n) is 15.0. The number of anilines is 2. The molecule has 3 fully saturated rings. The Morgan fingerprint density at radius 1 is 0.500 bits per heavy atom. The Bertz CT molecular complexity index is 1600. The minimum Gasteiger partial charge on any atom is -0.457 e. The molecule has 48 heavy (non-hydrogen) atoms. The molecule has 7 rings (SSSR count). The average molecular weight is 643 g/mol. The van der Waals surface area contributed by atoms with Crippen LogP contribution >= 0.6 is 0 Å². The average Bonchev–Trinajstić information content (AvgIpc) is 3.13. The predicted molar refractivity (Wildman–Crippen MR) is 200 cm³/mol. The number of hydrogen-bond donors (Lipinski definition) is 2. The molecule has 0 saturated heterocycles. The lowest BCUT2D eigenvalue weighted by Crippen LogP contribution is -2.31. The zero-order valence-corrected chi connectivity index (χ0v) is 29.2. The maximum absolute atomic E-state index is 6.74. The van der Waals surface area contributed by atoms with E-state index < -0.39 is 0 Å². The van der Waals surface area contributed by atoms with Gasteiger partial charge in [-0.15, -0.1) is 0 Å². The first-order valence-corrected chi connectivity index (χ1v) is 18.8. The molecule has 0 unspecified atom stereocenters. The molecule has 3 saturated carbocycles. The van der Waals surface area contributed by atoms with Crippen molar-refractivity contribution in [2.45, 2.75) is 127 Å². The van der Waals surface area contributed by atoms with Gasteiger partial charge in [0.05, 0.1) is 0 Å². The second-order valence-corrected chi connectivity index (χ2v) is 15.0. The summed E-state index contributed by atoms with van der Waals surface area (Å²) in [6, 6.07) is 26.4. The topological polar surface area (TPSA) is 70.5 Å². The van der Waals surface area contributed by atoms with Crippen molar-refractivity contribution >= 4 is 11.4 Å². The van der Waals surface area contributed by atoms with E-state index in [1.54, 1.807) is 0 Å². The smallest absolute Gasteiger partial charge is 0.132 e. The lowest BCUT2D eigenvalue weighted by Gasteiger charge is -2.40. The largest absolute Gasteiger partial charge is 0.457 e. The number of rotatable bonds is 8. The first-order chi connectivity index (χ1) is 23.4. The number of nitrogen functional groups attached to an aromatic ring is 2. The van der Waals surface area contributed by atoms with Gasteiger partial charge in [0, 0.05) is 27.9 Å². The first kappa shape index (κ1) is 32.6. The summed E-state index contributed by atoms with van der Waals surface area (Å²) in [4.78, 5) is 0. The zero-order valence-electron chi connectivity index (χ0n) is 29.2. The van der Waals surface area contributed by atoms with Gasteiger partial charge in [0.25, 0.3) is 0 Å². The first-order valence-electron chi connectivity index (χ1n) is 18.8. The van der Waals surface area contributed by atoms with E-state index in [-0.39, 0.29) is 5.41 Å². The molecule has 0 aromatic heterocycles. The Hall–Kier alpha value is -3.92. The Kier molecular flexibility index (Phi) is 9.71. The highest BCUT2D eigenvalue weighted by Crippen LogP contribution is 2.50. The molecule has 0 atom stereocenters. The van der Waals surface area contributed by atoms with Crippen LogP contribution in [0.25, 0.3) is 0 Å². The predicted octanol–water partition coefficient (Wildman–Crippen LogP) is 12.4. The summed E-state index contributed by atoms with van der Waals surface area (Å²) >= 11 is 0. The summed E-state index contributed by atoms with van der Waals surface area (Å²) in [6.45, 7) is 4.11. The van der Waals surface area contributed by atoms with Gasteiger partial charge in [-0.3, -0.25) is 0 Å². The van der Waals surface area contributed by atoms with Gasteiger partial charge in [-0.2, -0.15) is 0 Å². The molecule has 3 aliphatic carbocycles. The molecule has 252 valence electrons. The van der Waals surface area contributed by atoms with Crippen LogP contribution in [0.4, 0.5) is 11.4 Å². The molecule has 4 N–H and O–H groups in total. The van der Waals surface area contributed by atoms with Crippen molar-refractivity contribution in [2.24, 2.45) is 0 Å². The van der Waals surface area contributed by atoms with Crippen molar-refractivity contribution in [1.82, 2.24) is 0 Å². The highest BCUT2D eigenvalue weighted by atomic mass is 16.5. The van der Waals surface area contributed by atoms with Gasteiger partial charge in [0.1, 0.15) is 23.0 Å². The van der Waals surface area contributed by atoms with Gasteiger partial charge in [-0.05, 0) is 123 Å². The van der Waals surface area contributed by atoms with Crippen molar-refractivity contribution in [3.63, 3.8) is 0 Å². The van der Waals surface area contributed by atoms with E-state index in [0.29, 0.717) is 11.8 Å². The molecule has 4 aromatic rings. The van der Waals surface area contributed by atoms with Crippen molar-refractivity contribution in [3.8, 4) is 23.0 Å². The minimum atomic E-state index is -0.0255. The molecule has 0 radical (unpaired) electrons. The number of benzene rings is 4. The van der Waals surface area contributed by atoms with Crippen LogP contribution in [0.2, 0.25) is 0 Å². The number of ether oxygens (including phenoxy) is 2. The van der Waals surface area contributed by atoms with Crippen LogP contribution < -0.4 is 20.9 Å². The van der Waals surface area contributed by atoms with Crippen molar-refractivity contribution in [2.75, 3.05) is 11.5 Å². The maximum Gasteiger partial charge on any atom is 0.132 e. The number of nitrogens with two attached hydrogens (primary N) is 2. The quantitative estimate of drug-likeness (QED) is 0.188. The van der Waals surface area contributed by atoms with E-state index >= 15 is 0 Å². The zero-order chi connectivity index (χ0) is 33.1.